The van der Waals surface area contributed by atoms with Crippen LogP contribution >= 0.6 is 0 Å². The van der Waals surface area contributed by atoms with E-state index in [1.54, 1.807) is 31.3 Å². The Labute approximate surface area is 141 Å². The summed E-state index contributed by atoms with van der Waals surface area (Å²) in [6.07, 6.45) is 0. The third-order valence-corrected chi connectivity index (χ3v) is 3.26. The van der Waals surface area contributed by atoms with Crippen LogP contribution in [0.4, 0.5) is 11.4 Å². The molecule has 0 aliphatic carbocycles. The summed E-state index contributed by atoms with van der Waals surface area (Å²) < 4.78 is 5.42. The van der Waals surface area contributed by atoms with Gasteiger partial charge in [0.25, 0.3) is 5.91 Å². The van der Waals surface area contributed by atoms with Gasteiger partial charge in [-0.2, -0.15) is 0 Å². The molecule has 0 heterocycles. The molecule has 2 amide bonds. The normalized spacial score (nSPS) is 9.92. The predicted molar refractivity (Wildman–Crippen MR) is 94.6 cm³/mol. The molecule has 6 heteroatoms. The highest BCUT2D eigenvalue weighted by Crippen LogP contribution is 2.17. The van der Waals surface area contributed by atoms with Crippen LogP contribution in [0.2, 0.25) is 0 Å². The van der Waals surface area contributed by atoms with Crippen LogP contribution in [0.25, 0.3) is 0 Å². The van der Waals surface area contributed by atoms with Crippen molar-refractivity contribution in [3.8, 4) is 5.75 Å². The van der Waals surface area contributed by atoms with Crippen LogP contribution in [0.1, 0.15) is 17.3 Å². The Bertz CT molecular complexity index is 699. The lowest BCUT2D eigenvalue weighted by molar-refractivity contribution is -0.114. The lowest BCUT2D eigenvalue weighted by Crippen LogP contribution is -2.22. The van der Waals surface area contributed by atoms with Gasteiger partial charge in [-0.05, 0) is 43.3 Å². The van der Waals surface area contributed by atoms with Gasteiger partial charge in [0.2, 0.25) is 5.91 Å². The molecule has 0 saturated heterocycles. The molecule has 2 aromatic carbocycles. The topological polar surface area (TPSA) is 79.5 Å². The molecule has 3 N–H and O–H groups in total. The van der Waals surface area contributed by atoms with E-state index in [1.165, 1.54) is 0 Å². The minimum atomic E-state index is -0.176. The van der Waals surface area contributed by atoms with Gasteiger partial charge >= 0.3 is 0 Å². The molecule has 0 unspecified atom stereocenters. The number of ether oxygens (including phenoxy) is 1. The Morgan fingerprint density at radius 2 is 1.79 bits per heavy atom. The Kier molecular flexibility index (Phi) is 6.19. The van der Waals surface area contributed by atoms with E-state index in [9.17, 15) is 9.59 Å². The van der Waals surface area contributed by atoms with Gasteiger partial charge in [-0.3, -0.25) is 9.59 Å². The van der Waals surface area contributed by atoms with Crippen LogP contribution in [0.3, 0.4) is 0 Å². The Morgan fingerprint density at radius 1 is 1.04 bits per heavy atom. The maximum atomic E-state index is 12.0. The van der Waals surface area contributed by atoms with Gasteiger partial charge in [-0.25, -0.2) is 0 Å². The van der Waals surface area contributed by atoms with Crippen LogP contribution in [-0.4, -0.2) is 32.0 Å². The molecular formula is C18H21N3O3. The van der Waals surface area contributed by atoms with Gasteiger partial charge in [0.1, 0.15) is 5.75 Å². The summed E-state index contributed by atoms with van der Waals surface area (Å²) in [4.78, 5) is 23.4. The molecule has 126 valence electrons. The summed E-state index contributed by atoms with van der Waals surface area (Å²) in [5.74, 6) is 0.418. The Morgan fingerprint density at radius 3 is 2.46 bits per heavy atom. The summed E-state index contributed by atoms with van der Waals surface area (Å²) in [6, 6.07) is 14.1. The molecule has 0 aliphatic heterocycles. The summed E-state index contributed by atoms with van der Waals surface area (Å²) >= 11 is 0. The number of rotatable bonds is 7. The Balaban J connectivity index is 1.87. The maximum Gasteiger partial charge on any atom is 0.251 e. The fourth-order valence-electron chi connectivity index (χ4n) is 2.10. The number of hydrogen-bond acceptors (Lipinski definition) is 4. The largest absolute Gasteiger partial charge is 0.494 e. The highest BCUT2D eigenvalue weighted by Gasteiger charge is 2.05. The average molecular weight is 327 g/mol. The van der Waals surface area contributed by atoms with E-state index in [4.69, 9.17) is 4.74 Å². The first kappa shape index (κ1) is 17.3. The van der Waals surface area contributed by atoms with Gasteiger partial charge in [0.05, 0.1) is 13.2 Å². The van der Waals surface area contributed by atoms with E-state index in [0.29, 0.717) is 17.9 Å². The molecule has 0 aliphatic rings. The SMILES string of the molecule is CCOc1cccc(NCC(=O)Nc2ccc(C(=O)NC)cc2)c1. The van der Waals surface area contributed by atoms with Gasteiger partial charge in [0, 0.05) is 30.1 Å². The van der Waals surface area contributed by atoms with Gasteiger partial charge in [-0.1, -0.05) is 6.07 Å². The first-order valence-electron chi connectivity index (χ1n) is 7.71. The second kappa shape index (κ2) is 8.57. The number of amides is 2. The van der Waals surface area contributed by atoms with Crippen molar-refractivity contribution in [3.05, 3.63) is 54.1 Å². The van der Waals surface area contributed by atoms with E-state index in [-0.39, 0.29) is 18.4 Å². The number of anilines is 2. The molecule has 0 fully saturated rings. The number of benzene rings is 2. The zero-order valence-electron chi connectivity index (χ0n) is 13.8. The first-order valence-corrected chi connectivity index (χ1v) is 7.71. The molecule has 0 saturated carbocycles. The molecule has 0 bridgehead atoms. The molecule has 2 aromatic rings. The minimum absolute atomic E-state index is 0.132. The van der Waals surface area contributed by atoms with Crippen LogP contribution in [-0.2, 0) is 4.79 Å². The molecule has 24 heavy (non-hydrogen) atoms. The zero-order valence-corrected chi connectivity index (χ0v) is 13.8. The molecule has 0 spiro atoms. The minimum Gasteiger partial charge on any atom is -0.494 e. The lowest BCUT2D eigenvalue weighted by atomic mass is 10.2. The van der Waals surface area contributed by atoms with E-state index in [2.05, 4.69) is 16.0 Å². The molecule has 6 nitrogen and oxygen atoms in total. The van der Waals surface area contributed by atoms with Gasteiger partial charge in [-0.15, -0.1) is 0 Å². The highest BCUT2D eigenvalue weighted by atomic mass is 16.5. The van der Waals surface area contributed by atoms with Crippen LogP contribution in [0, 0.1) is 0 Å². The van der Waals surface area contributed by atoms with Crippen molar-refractivity contribution < 1.29 is 14.3 Å². The summed E-state index contributed by atoms with van der Waals surface area (Å²) in [5.41, 5.74) is 1.99. The number of carbonyl (C=O) groups is 2. The monoisotopic (exact) mass is 327 g/mol. The number of nitrogens with one attached hydrogen (secondary N) is 3. The van der Waals surface area contributed by atoms with Crippen molar-refractivity contribution in [1.29, 1.82) is 0 Å². The fraction of sp³-hybridized carbons (Fsp3) is 0.222. The lowest BCUT2D eigenvalue weighted by Gasteiger charge is -2.10. The number of hydrogen-bond donors (Lipinski definition) is 3. The van der Waals surface area contributed by atoms with Crippen molar-refractivity contribution in [2.24, 2.45) is 0 Å². The van der Waals surface area contributed by atoms with Crippen LogP contribution in [0.5, 0.6) is 5.75 Å². The second-order valence-corrected chi connectivity index (χ2v) is 5.02. The molecule has 0 radical (unpaired) electrons. The summed E-state index contributed by atoms with van der Waals surface area (Å²) in [5, 5.41) is 8.36. The average Bonchev–Trinajstić information content (AvgIpc) is 2.60. The van der Waals surface area contributed by atoms with E-state index >= 15 is 0 Å². The molecule has 2 rings (SSSR count). The van der Waals surface area contributed by atoms with E-state index in [1.807, 2.05) is 31.2 Å². The van der Waals surface area contributed by atoms with Crippen molar-refractivity contribution in [1.82, 2.24) is 5.32 Å². The van der Waals surface area contributed by atoms with Crippen LogP contribution in [0.15, 0.2) is 48.5 Å². The quantitative estimate of drug-likeness (QED) is 0.730. The van der Waals surface area contributed by atoms with Crippen molar-refractivity contribution in [2.45, 2.75) is 6.92 Å². The second-order valence-electron chi connectivity index (χ2n) is 5.02. The standard InChI is InChI=1S/C18H21N3O3/c1-3-24-16-6-4-5-15(11-16)20-12-17(22)21-14-9-7-13(8-10-14)18(23)19-2/h4-11,20H,3,12H2,1-2H3,(H,19,23)(H,21,22). The Hall–Kier alpha value is -3.02. The van der Waals surface area contributed by atoms with Crippen molar-refractivity contribution in [3.63, 3.8) is 0 Å². The highest BCUT2D eigenvalue weighted by molar-refractivity contribution is 5.96. The molecule has 0 atom stereocenters. The van der Waals surface area contributed by atoms with Crippen molar-refractivity contribution in [2.75, 3.05) is 30.8 Å². The number of carbonyl (C=O) groups excluding carboxylic acids is 2. The maximum absolute atomic E-state index is 12.0. The van der Waals surface area contributed by atoms with E-state index in [0.717, 1.165) is 11.4 Å². The first-order chi connectivity index (χ1) is 11.6. The fourth-order valence-corrected chi connectivity index (χ4v) is 2.10. The zero-order chi connectivity index (χ0) is 17.4. The van der Waals surface area contributed by atoms with E-state index < -0.39 is 0 Å². The van der Waals surface area contributed by atoms with Gasteiger partial charge in [0.15, 0.2) is 0 Å². The molecular weight excluding hydrogens is 306 g/mol. The summed E-state index contributed by atoms with van der Waals surface area (Å²) in [7, 11) is 1.57. The smallest absolute Gasteiger partial charge is 0.251 e. The third kappa shape index (κ3) is 5.01. The van der Waals surface area contributed by atoms with Crippen molar-refractivity contribution >= 4 is 23.2 Å². The van der Waals surface area contributed by atoms with Gasteiger partial charge < -0.3 is 20.7 Å². The molecule has 0 aromatic heterocycles. The van der Waals surface area contributed by atoms with Crippen LogP contribution < -0.4 is 20.7 Å². The third-order valence-electron chi connectivity index (χ3n) is 3.26. The summed E-state index contributed by atoms with van der Waals surface area (Å²) in [6.45, 7) is 2.64. The predicted octanol–water partition coefficient (Wildman–Crippen LogP) is 2.50.